The topological polar surface area (TPSA) is 77.8 Å². The number of carbonyl (C=O) groups is 1. The fourth-order valence-electron chi connectivity index (χ4n) is 1.28. The van der Waals surface area contributed by atoms with Crippen molar-refractivity contribution < 1.29 is 28.9 Å². The molecule has 0 saturated carbocycles. The molecule has 0 aromatic heterocycles. The Labute approximate surface area is 89.8 Å². The van der Waals surface area contributed by atoms with Gasteiger partial charge in [-0.15, -0.1) is 0 Å². The molecule has 2 atom stereocenters. The van der Waals surface area contributed by atoms with Gasteiger partial charge in [0.1, 0.15) is 17.7 Å². The summed E-state index contributed by atoms with van der Waals surface area (Å²) in [6.45, 7) is 0. The standard InChI is InChI=1S/C10H10F2O4/c11-5-2-1-3-6(12)9(5)10(16)7(13)4-8(14)15/h1-3,7,10,13,16H,4H2,(H,14,15). The fourth-order valence-corrected chi connectivity index (χ4v) is 1.28. The molecule has 0 radical (unpaired) electrons. The van der Waals surface area contributed by atoms with Crippen molar-refractivity contribution in [3.63, 3.8) is 0 Å². The van der Waals surface area contributed by atoms with E-state index in [4.69, 9.17) is 5.11 Å². The molecule has 0 aliphatic carbocycles. The van der Waals surface area contributed by atoms with E-state index in [1.165, 1.54) is 0 Å². The maximum atomic E-state index is 13.1. The molecule has 0 aliphatic rings. The first-order valence-corrected chi connectivity index (χ1v) is 4.45. The number of rotatable bonds is 4. The van der Waals surface area contributed by atoms with Crippen molar-refractivity contribution in [3.8, 4) is 0 Å². The molecular weight excluding hydrogens is 222 g/mol. The van der Waals surface area contributed by atoms with Crippen LogP contribution >= 0.6 is 0 Å². The number of hydrogen-bond acceptors (Lipinski definition) is 3. The molecule has 0 bridgehead atoms. The highest BCUT2D eigenvalue weighted by Gasteiger charge is 2.26. The van der Waals surface area contributed by atoms with Crippen LogP contribution in [-0.4, -0.2) is 27.4 Å². The molecule has 0 heterocycles. The van der Waals surface area contributed by atoms with E-state index in [2.05, 4.69) is 0 Å². The van der Waals surface area contributed by atoms with E-state index in [-0.39, 0.29) is 0 Å². The van der Waals surface area contributed by atoms with Crippen LogP contribution in [0.1, 0.15) is 18.1 Å². The SMILES string of the molecule is O=C(O)CC(O)C(O)c1c(F)cccc1F. The third-order valence-corrected chi connectivity index (χ3v) is 2.04. The van der Waals surface area contributed by atoms with E-state index in [1.54, 1.807) is 0 Å². The second-order valence-corrected chi connectivity index (χ2v) is 3.25. The summed E-state index contributed by atoms with van der Waals surface area (Å²) in [7, 11) is 0. The van der Waals surface area contributed by atoms with E-state index in [0.717, 1.165) is 18.2 Å². The van der Waals surface area contributed by atoms with Crippen LogP contribution in [-0.2, 0) is 4.79 Å². The van der Waals surface area contributed by atoms with Gasteiger partial charge in [-0.1, -0.05) is 6.07 Å². The zero-order valence-electron chi connectivity index (χ0n) is 8.10. The van der Waals surface area contributed by atoms with Gasteiger partial charge in [0.05, 0.1) is 18.1 Å². The molecule has 0 aliphatic heterocycles. The minimum atomic E-state index is -1.91. The number of carboxylic acids is 1. The van der Waals surface area contributed by atoms with Gasteiger partial charge in [0, 0.05) is 0 Å². The number of hydrogen-bond donors (Lipinski definition) is 3. The average molecular weight is 232 g/mol. The summed E-state index contributed by atoms with van der Waals surface area (Å²) in [5.41, 5.74) is -0.726. The van der Waals surface area contributed by atoms with Crippen LogP contribution in [0.25, 0.3) is 0 Å². The number of aliphatic hydroxyl groups excluding tert-OH is 2. The Kier molecular flexibility index (Phi) is 3.92. The Hall–Kier alpha value is -1.53. The summed E-state index contributed by atoms with van der Waals surface area (Å²) in [5.74, 6) is -3.43. The lowest BCUT2D eigenvalue weighted by molar-refractivity contribution is -0.141. The van der Waals surface area contributed by atoms with Gasteiger partial charge >= 0.3 is 5.97 Å². The third kappa shape index (κ3) is 2.74. The van der Waals surface area contributed by atoms with Crippen LogP contribution in [0, 0.1) is 11.6 Å². The molecule has 1 aromatic rings. The Balaban J connectivity index is 2.95. The third-order valence-electron chi connectivity index (χ3n) is 2.04. The maximum Gasteiger partial charge on any atom is 0.306 e. The molecule has 0 saturated heterocycles. The van der Waals surface area contributed by atoms with Crippen molar-refractivity contribution in [2.75, 3.05) is 0 Å². The number of halogens is 2. The Bertz CT molecular complexity index is 374. The van der Waals surface area contributed by atoms with E-state index in [0.29, 0.717) is 0 Å². The molecule has 0 amide bonds. The predicted octanol–water partition coefficient (Wildman–Crippen LogP) is 0.834. The number of benzene rings is 1. The monoisotopic (exact) mass is 232 g/mol. The van der Waals surface area contributed by atoms with E-state index in [1.807, 2.05) is 0 Å². The van der Waals surface area contributed by atoms with Crippen LogP contribution < -0.4 is 0 Å². The number of aliphatic carboxylic acids is 1. The van der Waals surface area contributed by atoms with E-state index >= 15 is 0 Å². The first-order chi connectivity index (χ1) is 7.43. The summed E-state index contributed by atoms with van der Waals surface area (Å²) in [5, 5.41) is 27.0. The highest BCUT2D eigenvalue weighted by Crippen LogP contribution is 2.24. The van der Waals surface area contributed by atoms with Crippen molar-refractivity contribution in [3.05, 3.63) is 35.4 Å². The van der Waals surface area contributed by atoms with Gasteiger partial charge in [-0.3, -0.25) is 4.79 Å². The Morgan fingerprint density at radius 3 is 2.19 bits per heavy atom. The first kappa shape index (κ1) is 12.5. The maximum absolute atomic E-state index is 13.1. The summed E-state index contributed by atoms with van der Waals surface area (Å²) in [6, 6.07) is 2.93. The Morgan fingerprint density at radius 1 is 1.25 bits per heavy atom. The quantitative estimate of drug-likeness (QED) is 0.718. The second-order valence-electron chi connectivity index (χ2n) is 3.25. The summed E-state index contributed by atoms with van der Waals surface area (Å²) in [6.07, 6.45) is -4.46. The highest BCUT2D eigenvalue weighted by molar-refractivity contribution is 5.67. The van der Waals surface area contributed by atoms with Crippen molar-refractivity contribution in [2.45, 2.75) is 18.6 Å². The zero-order valence-corrected chi connectivity index (χ0v) is 8.10. The fraction of sp³-hybridized carbons (Fsp3) is 0.300. The summed E-state index contributed by atoms with van der Waals surface area (Å²) < 4.78 is 26.3. The smallest absolute Gasteiger partial charge is 0.306 e. The average Bonchev–Trinajstić information content (AvgIpc) is 2.16. The molecule has 1 rings (SSSR count). The molecule has 2 unspecified atom stereocenters. The lowest BCUT2D eigenvalue weighted by Crippen LogP contribution is -2.23. The van der Waals surface area contributed by atoms with Crippen molar-refractivity contribution >= 4 is 5.97 Å². The van der Waals surface area contributed by atoms with Gasteiger partial charge in [-0.2, -0.15) is 0 Å². The van der Waals surface area contributed by atoms with Crippen LogP contribution in [0.4, 0.5) is 8.78 Å². The minimum absolute atomic E-state index is 0.726. The molecule has 16 heavy (non-hydrogen) atoms. The molecule has 0 fully saturated rings. The van der Waals surface area contributed by atoms with Gasteiger partial charge in [0.2, 0.25) is 0 Å². The van der Waals surface area contributed by atoms with Gasteiger partial charge in [0.25, 0.3) is 0 Å². The van der Waals surface area contributed by atoms with Gasteiger partial charge in [-0.05, 0) is 12.1 Å². The van der Waals surface area contributed by atoms with E-state index in [9.17, 15) is 23.8 Å². The van der Waals surface area contributed by atoms with Crippen molar-refractivity contribution in [1.29, 1.82) is 0 Å². The normalized spacial score (nSPS) is 14.5. The van der Waals surface area contributed by atoms with Crippen molar-refractivity contribution in [1.82, 2.24) is 0 Å². The second kappa shape index (κ2) is 5.00. The van der Waals surface area contributed by atoms with Crippen LogP contribution in [0.2, 0.25) is 0 Å². The zero-order chi connectivity index (χ0) is 12.3. The molecule has 1 aromatic carbocycles. The highest BCUT2D eigenvalue weighted by atomic mass is 19.1. The molecule has 3 N–H and O–H groups in total. The lowest BCUT2D eigenvalue weighted by Gasteiger charge is -2.17. The van der Waals surface area contributed by atoms with E-state index < -0.39 is 41.8 Å². The van der Waals surface area contributed by atoms with Gasteiger partial charge in [0.15, 0.2) is 0 Å². The lowest BCUT2D eigenvalue weighted by atomic mass is 10.0. The van der Waals surface area contributed by atoms with Crippen LogP contribution in [0.15, 0.2) is 18.2 Å². The molecular formula is C10H10F2O4. The molecule has 88 valence electrons. The summed E-state index contributed by atoms with van der Waals surface area (Å²) >= 11 is 0. The largest absolute Gasteiger partial charge is 0.481 e. The van der Waals surface area contributed by atoms with Crippen LogP contribution in [0.5, 0.6) is 0 Å². The molecule has 6 heteroatoms. The van der Waals surface area contributed by atoms with Crippen molar-refractivity contribution in [2.24, 2.45) is 0 Å². The number of aliphatic hydroxyl groups is 2. The Morgan fingerprint density at radius 2 is 1.75 bits per heavy atom. The van der Waals surface area contributed by atoms with Gasteiger partial charge in [-0.25, -0.2) is 8.78 Å². The molecule has 0 spiro atoms. The molecule has 4 nitrogen and oxygen atoms in total. The predicted molar refractivity (Wildman–Crippen MR) is 49.6 cm³/mol. The number of carboxylic acid groups (broad SMARTS) is 1. The minimum Gasteiger partial charge on any atom is -0.481 e. The van der Waals surface area contributed by atoms with Gasteiger partial charge < -0.3 is 15.3 Å². The van der Waals surface area contributed by atoms with Crippen LogP contribution in [0.3, 0.4) is 0 Å². The summed E-state index contributed by atoms with van der Waals surface area (Å²) in [4.78, 5) is 10.3. The first-order valence-electron chi connectivity index (χ1n) is 4.45.